The van der Waals surface area contributed by atoms with Crippen molar-refractivity contribution in [1.82, 2.24) is 14.8 Å². The van der Waals surface area contributed by atoms with Gasteiger partial charge in [0.15, 0.2) is 11.5 Å². The molecule has 10 heteroatoms. The molecule has 270 valence electrons. The Morgan fingerprint density at radius 3 is 2.65 bits per heavy atom. The predicted molar refractivity (Wildman–Crippen MR) is 200 cm³/mol. The molecule has 3 aliphatic heterocycles. The summed E-state index contributed by atoms with van der Waals surface area (Å²) >= 11 is 6.87. The van der Waals surface area contributed by atoms with Gasteiger partial charge in [0, 0.05) is 49.1 Å². The molecule has 2 saturated heterocycles. The van der Waals surface area contributed by atoms with Gasteiger partial charge in [0.05, 0.1) is 16.6 Å². The highest BCUT2D eigenvalue weighted by Gasteiger charge is 2.25. The lowest BCUT2D eigenvalue weighted by Crippen LogP contribution is -2.39. The fourth-order valence-corrected chi connectivity index (χ4v) is 7.63. The minimum Gasteiger partial charge on any atom is -0.488 e. The van der Waals surface area contributed by atoms with Crippen molar-refractivity contribution in [2.75, 3.05) is 32.8 Å². The monoisotopic (exact) mass is 720 g/mol. The summed E-state index contributed by atoms with van der Waals surface area (Å²) in [4.78, 5) is 20.7. The summed E-state index contributed by atoms with van der Waals surface area (Å²) in [7, 11) is 0. The van der Waals surface area contributed by atoms with Gasteiger partial charge in [-0.15, -0.1) is 0 Å². The number of rotatable bonds is 13. The molecule has 0 bridgehead atoms. The first-order valence-corrected chi connectivity index (χ1v) is 18.7. The number of ether oxygens (including phenoxy) is 4. The molecule has 2 atom stereocenters. The maximum Gasteiger partial charge on any atom is 0.162 e. The minimum atomic E-state index is -0.140. The Morgan fingerprint density at radius 1 is 0.962 bits per heavy atom. The number of pyridine rings is 1. The number of piperidine rings is 1. The van der Waals surface area contributed by atoms with E-state index in [0.717, 1.165) is 89.9 Å². The lowest BCUT2D eigenvalue weighted by molar-refractivity contribution is -0.113. The van der Waals surface area contributed by atoms with Crippen molar-refractivity contribution in [2.45, 2.75) is 77.4 Å². The highest BCUT2D eigenvalue weighted by molar-refractivity contribution is 6.32. The standard InChI is InChI=1S/C42H45ClN4O5/c1-29-33(7-6-9-37(29)32-10-11-39-42(19-32)52-36(28-51-39)12-16-46-13-4-5-14-46)27-50-41-20-40(49-26-31-17-30(21-44)22-45-23-31)34(18-38(41)43)24-47-15-3-2-8-35(47)25-48/h6-7,9-11,17-20,22-23,25,35-36H,2-5,8,12-16,24,26-28H2,1H3/t35-,36?/m0/s1. The minimum absolute atomic E-state index is 0.0415. The van der Waals surface area contributed by atoms with Crippen molar-refractivity contribution in [1.29, 1.82) is 5.26 Å². The largest absolute Gasteiger partial charge is 0.488 e. The van der Waals surface area contributed by atoms with E-state index in [2.05, 4.69) is 52.0 Å². The van der Waals surface area contributed by atoms with Gasteiger partial charge >= 0.3 is 0 Å². The van der Waals surface area contributed by atoms with Gasteiger partial charge in [-0.1, -0.05) is 42.3 Å². The van der Waals surface area contributed by atoms with E-state index in [9.17, 15) is 10.1 Å². The second kappa shape index (κ2) is 16.8. The van der Waals surface area contributed by atoms with Crippen molar-refractivity contribution in [3.63, 3.8) is 0 Å². The number of benzene rings is 3. The van der Waals surface area contributed by atoms with Crippen LogP contribution in [0.2, 0.25) is 5.02 Å². The van der Waals surface area contributed by atoms with Crippen LogP contribution < -0.4 is 18.9 Å². The topological polar surface area (TPSA) is 97.2 Å². The zero-order valence-electron chi connectivity index (χ0n) is 29.7. The van der Waals surface area contributed by atoms with Gasteiger partial charge in [-0.25, -0.2) is 0 Å². The fourth-order valence-electron chi connectivity index (χ4n) is 7.39. The lowest BCUT2D eigenvalue weighted by atomic mass is 9.96. The molecule has 0 saturated carbocycles. The number of carbonyl (C=O) groups is 1. The van der Waals surface area contributed by atoms with Crippen LogP contribution in [-0.4, -0.2) is 66.0 Å². The first-order valence-electron chi connectivity index (χ1n) is 18.3. The molecule has 0 N–H and O–H groups in total. The quantitative estimate of drug-likeness (QED) is 0.128. The van der Waals surface area contributed by atoms with Crippen molar-refractivity contribution in [3.05, 3.63) is 99.8 Å². The second-order valence-electron chi connectivity index (χ2n) is 14.0. The Bertz CT molecular complexity index is 1920. The van der Waals surface area contributed by atoms with Gasteiger partial charge in [-0.05, 0) is 98.8 Å². The smallest absolute Gasteiger partial charge is 0.162 e. The zero-order chi connectivity index (χ0) is 35.9. The third-order valence-corrected chi connectivity index (χ3v) is 10.7. The van der Waals surface area contributed by atoms with Gasteiger partial charge in [0.1, 0.15) is 49.8 Å². The van der Waals surface area contributed by atoms with E-state index in [0.29, 0.717) is 41.8 Å². The van der Waals surface area contributed by atoms with E-state index in [1.807, 2.05) is 24.3 Å². The third-order valence-electron chi connectivity index (χ3n) is 10.4. The van der Waals surface area contributed by atoms with Gasteiger partial charge in [0.2, 0.25) is 0 Å². The first-order chi connectivity index (χ1) is 25.5. The molecule has 0 radical (unpaired) electrons. The molecule has 2 fully saturated rings. The zero-order valence-corrected chi connectivity index (χ0v) is 30.4. The molecule has 52 heavy (non-hydrogen) atoms. The highest BCUT2D eigenvalue weighted by Crippen LogP contribution is 2.39. The van der Waals surface area contributed by atoms with E-state index in [4.69, 9.17) is 30.5 Å². The maximum absolute atomic E-state index is 11.9. The van der Waals surface area contributed by atoms with Crippen LogP contribution in [0.4, 0.5) is 0 Å². The molecular formula is C42H45ClN4O5. The fraction of sp³-hybridized carbons (Fsp3) is 0.405. The average molecular weight is 721 g/mol. The summed E-state index contributed by atoms with van der Waals surface area (Å²) < 4.78 is 25.3. The van der Waals surface area contributed by atoms with Crippen LogP contribution in [0.5, 0.6) is 23.0 Å². The number of nitriles is 1. The van der Waals surface area contributed by atoms with Crippen LogP contribution in [0.15, 0.2) is 67.0 Å². The summed E-state index contributed by atoms with van der Waals surface area (Å²) in [5, 5.41) is 9.81. The number of nitrogens with zero attached hydrogens (tertiary/aromatic N) is 4. The molecular weight excluding hydrogens is 676 g/mol. The van der Waals surface area contributed by atoms with Gasteiger partial charge < -0.3 is 28.6 Å². The number of likely N-dealkylation sites (tertiary alicyclic amines) is 2. The van der Waals surface area contributed by atoms with Gasteiger partial charge in [-0.3, -0.25) is 9.88 Å². The van der Waals surface area contributed by atoms with E-state index < -0.39 is 0 Å². The summed E-state index contributed by atoms with van der Waals surface area (Å²) in [5.74, 6) is 2.68. The van der Waals surface area contributed by atoms with E-state index in [1.54, 1.807) is 12.3 Å². The van der Waals surface area contributed by atoms with Crippen LogP contribution in [0.1, 0.15) is 66.3 Å². The third kappa shape index (κ3) is 8.53. The van der Waals surface area contributed by atoms with Gasteiger partial charge in [-0.2, -0.15) is 5.26 Å². The molecule has 0 amide bonds. The highest BCUT2D eigenvalue weighted by atomic mass is 35.5. The number of aldehydes is 1. The summed E-state index contributed by atoms with van der Waals surface area (Å²) in [6.07, 6.45) is 10.7. The Hall–Kier alpha value is -4.62. The Morgan fingerprint density at radius 2 is 1.81 bits per heavy atom. The summed E-state index contributed by atoms with van der Waals surface area (Å²) in [6, 6.07) is 19.9. The molecule has 1 aromatic heterocycles. The van der Waals surface area contributed by atoms with Crippen molar-refractivity contribution in [2.24, 2.45) is 0 Å². The number of aromatic nitrogens is 1. The molecule has 4 aromatic rings. The summed E-state index contributed by atoms with van der Waals surface area (Å²) in [6.45, 7) is 7.93. The molecule has 4 heterocycles. The van der Waals surface area contributed by atoms with Crippen molar-refractivity contribution in [3.8, 4) is 40.2 Å². The Kier molecular flexibility index (Phi) is 11.6. The molecule has 0 aliphatic carbocycles. The van der Waals surface area contributed by atoms with Crippen LogP contribution in [-0.2, 0) is 24.6 Å². The normalized spacial score (nSPS) is 18.9. The maximum atomic E-state index is 11.9. The molecule has 7 rings (SSSR count). The Labute approximate surface area is 311 Å². The van der Waals surface area contributed by atoms with E-state index in [-0.39, 0.29) is 18.8 Å². The molecule has 3 aromatic carbocycles. The van der Waals surface area contributed by atoms with Crippen molar-refractivity contribution < 1.29 is 23.7 Å². The van der Waals surface area contributed by atoms with Gasteiger partial charge in [0.25, 0.3) is 0 Å². The number of hydrogen-bond acceptors (Lipinski definition) is 9. The first kappa shape index (κ1) is 35.8. The van der Waals surface area contributed by atoms with Crippen LogP contribution in [0.3, 0.4) is 0 Å². The number of fused-ring (bicyclic) bond motifs is 1. The average Bonchev–Trinajstić information content (AvgIpc) is 3.71. The van der Waals surface area contributed by atoms with Crippen molar-refractivity contribution >= 4 is 17.9 Å². The lowest BCUT2D eigenvalue weighted by Gasteiger charge is -2.32. The molecule has 9 nitrogen and oxygen atoms in total. The molecule has 3 aliphatic rings. The second-order valence-corrected chi connectivity index (χ2v) is 14.4. The molecule has 1 unspecified atom stereocenters. The Balaban J connectivity index is 1.08. The van der Waals surface area contributed by atoms with Crippen LogP contribution >= 0.6 is 11.6 Å². The van der Waals surface area contributed by atoms with Crippen LogP contribution in [0, 0.1) is 18.3 Å². The number of halogens is 1. The van der Waals surface area contributed by atoms with E-state index >= 15 is 0 Å². The molecule has 0 spiro atoms. The predicted octanol–water partition coefficient (Wildman–Crippen LogP) is 7.92. The van der Waals surface area contributed by atoms with E-state index in [1.165, 1.54) is 32.1 Å². The number of carbonyl (C=O) groups excluding carboxylic acids is 1. The SMILES string of the molecule is Cc1c(COc2cc(OCc3cncc(C#N)c3)c(CN3CCCC[C@H]3C=O)cc2Cl)cccc1-c1ccc2c(c1)OC(CCN1CCCC1)CO2. The van der Waals surface area contributed by atoms with Crippen LogP contribution in [0.25, 0.3) is 11.1 Å². The number of hydrogen-bond donors (Lipinski definition) is 0. The summed E-state index contributed by atoms with van der Waals surface area (Å²) in [5.41, 5.74) is 6.39.